The molecule has 0 radical (unpaired) electrons. The maximum absolute atomic E-state index is 13.1. The number of benzene rings is 2. The molecule has 4 nitrogen and oxygen atoms in total. The summed E-state index contributed by atoms with van der Waals surface area (Å²) in [7, 11) is 0. The molecule has 3 rings (SSSR count). The van der Waals surface area contributed by atoms with Gasteiger partial charge in [-0.1, -0.05) is 29.5 Å². The zero-order chi connectivity index (χ0) is 17.5. The van der Waals surface area contributed by atoms with E-state index in [0.717, 1.165) is 16.3 Å². The molecule has 0 N–H and O–H groups in total. The van der Waals surface area contributed by atoms with E-state index < -0.39 is 17.3 Å². The average molecular weight is 398 g/mol. The van der Waals surface area contributed by atoms with Crippen LogP contribution in [-0.2, 0) is 12.7 Å². The molecule has 0 amide bonds. The van der Waals surface area contributed by atoms with Crippen molar-refractivity contribution >= 4 is 26.8 Å². The zero-order valence-corrected chi connectivity index (χ0v) is 14.0. The van der Waals surface area contributed by atoms with E-state index in [1.165, 1.54) is 18.2 Å². The minimum atomic E-state index is -4.50. The van der Waals surface area contributed by atoms with E-state index in [0.29, 0.717) is 15.4 Å². The van der Waals surface area contributed by atoms with Crippen molar-refractivity contribution in [2.24, 2.45) is 0 Å². The number of hydrogen-bond donors (Lipinski definition) is 0. The molecule has 8 heteroatoms. The third-order valence-electron chi connectivity index (χ3n) is 3.67. The molecular formula is C16H11BrF3N3O. The van der Waals surface area contributed by atoms with Gasteiger partial charge in [-0.3, -0.25) is 4.79 Å². The average Bonchev–Trinajstić information content (AvgIpc) is 2.52. The first kappa shape index (κ1) is 16.6. The van der Waals surface area contributed by atoms with E-state index >= 15 is 0 Å². The molecule has 0 fully saturated rings. The Bertz CT molecular complexity index is 982. The van der Waals surface area contributed by atoms with E-state index in [-0.39, 0.29) is 12.1 Å². The molecular weight excluding hydrogens is 387 g/mol. The Kier molecular flexibility index (Phi) is 4.16. The lowest BCUT2D eigenvalue weighted by Gasteiger charge is -2.13. The standard InChI is InChI=1S/C16H11BrF3N3O/c1-9-6-7-12(17)13-14(9)21-22-23(15(13)24)8-10-4-2-3-5-11(10)16(18,19)20/h2-7H,8H2,1H3. The van der Waals surface area contributed by atoms with E-state index in [2.05, 4.69) is 26.2 Å². The van der Waals surface area contributed by atoms with E-state index in [1.807, 2.05) is 0 Å². The predicted octanol–water partition coefficient (Wildman–Crippen LogP) is 3.93. The molecule has 0 aliphatic rings. The van der Waals surface area contributed by atoms with Gasteiger partial charge in [-0.15, -0.1) is 5.10 Å². The van der Waals surface area contributed by atoms with Crippen LogP contribution in [0.4, 0.5) is 13.2 Å². The number of rotatable bonds is 2. The van der Waals surface area contributed by atoms with Crippen LogP contribution in [0.1, 0.15) is 16.7 Å². The lowest BCUT2D eigenvalue weighted by molar-refractivity contribution is -0.138. The lowest BCUT2D eigenvalue weighted by atomic mass is 10.1. The smallest absolute Gasteiger partial charge is 0.267 e. The summed E-state index contributed by atoms with van der Waals surface area (Å²) in [6.07, 6.45) is -4.50. The second kappa shape index (κ2) is 6.01. The number of aryl methyl sites for hydroxylation is 1. The number of halogens is 4. The second-order valence-corrected chi connectivity index (χ2v) is 6.15. The molecule has 3 aromatic rings. The van der Waals surface area contributed by atoms with E-state index in [4.69, 9.17) is 0 Å². The van der Waals surface area contributed by atoms with Gasteiger partial charge in [0.15, 0.2) is 0 Å². The summed E-state index contributed by atoms with van der Waals surface area (Å²) in [6.45, 7) is 1.48. The maximum atomic E-state index is 13.1. The first-order chi connectivity index (χ1) is 11.3. The molecule has 1 aromatic heterocycles. The Labute approximate surface area is 143 Å². The van der Waals surface area contributed by atoms with E-state index in [1.54, 1.807) is 19.1 Å². The SMILES string of the molecule is Cc1ccc(Br)c2c(=O)n(Cc3ccccc3C(F)(F)F)nnc12. The van der Waals surface area contributed by atoms with Gasteiger partial charge >= 0.3 is 6.18 Å². The summed E-state index contributed by atoms with van der Waals surface area (Å²) in [6, 6.07) is 8.59. The van der Waals surface area contributed by atoms with Crippen LogP contribution >= 0.6 is 15.9 Å². The van der Waals surface area contributed by atoms with Crippen molar-refractivity contribution in [3.8, 4) is 0 Å². The highest BCUT2D eigenvalue weighted by atomic mass is 79.9. The topological polar surface area (TPSA) is 47.8 Å². The van der Waals surface area contributed by atoms with Crippen LogP contribution < -0.4 is 5.56 Å². The van der Waals surface area contributed by atoms with Crippen LogP contribution in [0.2, 0.25) is 0 Å². The van der Waals surface area contributed by atoms with Crippen LogP contribution in [0.5, 0.6) is 0 Å². The van der Waals surface area contributed by atoms with E-state index in [9.17, 15) is 18.0 Å². The summed E-state index contributed by atoms with van der Waals surface area (Å²) in [5.41, 5.74) is -0.130. The predicted molar refractivity (Wildman–Crippen MR) is 86.8 cm³/mol. The Morgan fingerprint density at radius 2 is 1.88 bits per heavy atom. The van der Waals surface area contributed by atoms with Crippen molar-refractivity contribution in [2.45, 2.75) is 19.6 Å². The maximum Gasteiger partial charge on any atom is 0.416 e. The number of fused-ring (bicyclic) bond motifs is 1. The monoisotopic (exact) mass is 397 g/mol. The van der Waals surface area contributed by atoms with Gasteiger partial charge in [0.1, 0.15) is 5.52 Å². The van der Waals surface area contributed by atoms with Crippen LogP contribution in [0.25, 0.3) is 10.9 Å². The first-order valence-corrected chi connectivity index (χ1v) is 7.76. The quantitative estimate of drug-likeness (QED) is 0.658. The zero-order valence-electron chi connectivity index (χ0n) is 12.4. The van der Waals surface area contributed by atoms with Gasteiger partial charge < -0.3 is 0 Å². The number of hydrogen-bond acceptors (Lipinski definition) is 3. The molecule has 0 saturated heterocycles. The van der Waals surface area contributed by atoms with Crippen molar-refractivity contribution < 1.29 is 13.2 Å². The molecule has 2 aromatic carbocycles. The van der Waals surface area contributed by atoms with Crippen LogP contribution in [0.3, 0.4) is 0 Å². The third kappa shape index (κ3) is 2.93. The Morgan fingerprint density at radius 3 is 2.58 bits per heavy atom. The van der Waals surface area contributed by atoms with Crippen molar-refractivity contribution in [3.63, 3.8) is 0 Å². The van der Waals surface area contributed by atoms with Gasteiger partial charge in [0, 0.05) is 4.47 Å². The highest BCUT2D eigenvalue weighted by Gasteiger charge is 2.33. The molecule has 0 aliphatic heterocycles. The van der Waals surface area contributed by atoms with Crippen LogP contribution in [-0.4, -0.2) is 15.0 Å². The van der Waals surface area contributed by atoms with Crippen molar-refractivity contribution in [3.05, 3.63) is 67.9 Å². The minimum Gasteiger partial charge on any atom is -0.267 e. The molecule has 0 bridgehead atoms. The highest BCUT2D eigenvalue weighted by Crippen LogP contribution is 2.32. The van der Waals surface area contributed by atoms with Crippen molar-refractivity contribution in [1.82, 2.24) is 15.0 Å². The second-order valence-electron chi connectivity index (χ2n) is 5.30. The molecule has 1 heterocycles. The molecule has 24 heavy (non-hydrogen) atoms. The molecule has 0 aliphatic carbocycles. The van der Waals surface area contributed by atoms with Crippen LogP contribution in [0, 0.1) is 6.92 Å². The Hall–Kier alpha value is -2.22. The summed E-state index contributed by atoms with van der Waals surface area (Å²) >= 11 is 3.29. The highest BCUT2D eigenvalue weighted by molar-refractivity contribution is 9.10. The van der Waals surface area contributed by atoms with Gasteiger partial charge in [0.2, 0.25) is 0 Å². The summed E-state index contributed by atoms with van der Waals surface area (Å²) < 4.78 is 40.7. The van der Waals surface area contributed by atoms with Gasteiger partial charge in [-0.05, 0) is 46.1 Å². The fraction of sp³-hybridized carbons (Fsp3) is 0.188. The summed E-state index contributed by atoms with van der Waals surface area (Å²) in [5, 5.41) is 8.09. The fourth-order valence-corrected chi connectivity index (χ4v) is 2.96. The van der Waals surface area contributed by atoms with Crippen molar-refractivity contribution in [2.75, 3.05) is 0 Å². The van der Waals surface area contributed by atoms with Crippen molar-refractivity contribution in [1.29, 1.82) is 0 Å². The molecule has 0 atom stereocenters. The minimum absolute atomic E-state index is 0.0375. The summed E-state index contributed by atoms with van der Waals surface area (Å²) in [4.78, 5) is 12.6. The Balaban J connectivity index is 2.15. The normalized spacial score (nSPS) is 11.9. The largest absolute Gasteiger partial charge is 0.416 e. The summed E-state index contributed by atoms with van der Waals surface area (Å²) in [5.74, 6) is 0. The van der Waals surface area contributed by atoms with Gasteiger partial charge in [-0.2, -0.15) is 13.2 Å². The van der Waals surface area contributed by atoms with Gasteiger partial charge in [0.25, 0.3) is 5.56 Å². The Morgan fingerprint density at radius 1 is 1.17 bits per heavy atom. The van der Waals surface area contributed by atoms with Gasteiger partial charge in [-0.25, -0.2) is 4.68 Å². The first-order valence-electron chi connectivity index (χ1n) is 6.97. The lowest BCUT2D eigenvalue weighted by Crippen LogP contribution is -2.26. The van der Waals surface area contributed by atoms with Crippen LogP contribution in [0.15, 0.2) is 45.7 Å². The number of alkyl halides is 3. The molecule has 0 saturated carbocycles. The number of aromatic nitrogens is 3. The van der Waals surface area contributed by atoms with Gasteiger partial charge in [0.05, 0.1) is 17.5 Å². The molecule has 0 unspecified atom stereocenters. The third-order valence-corrected chi connectivity index (χ3v) is 4.33. The fourth-order valence-electron chi connectivity index (χ4n) is 2.47. The molecule has 0 spiro atoms. The number of nitrogens with zero attached hydrogens (tertiary/aromatic N) is 3. The molecule has 124 valence electrons.